The van der Waals surface area contributed by atoms with Crippen LogP contribution in [0.15, 0.2) is 24.3 Å². The van der Waals surface area contributed by atoms with Gasteiger partial charge in [0.15, 0.2) is 0 Å². The van der Waals surface area contributed by atoms with E-state index in [1.54, 1.807) is 12.0 Å². The Labute approximate surface area is 119 Å². The van der Waals surface area contributed by atoms with E-state index in [0.29, 0.717) is 19.7 Å². The first kappa shape index (κ1) is 14.8. The number of rotatable bonds is 5. The smallest absolute Gasteiger partial charge is 0.236 e. The standard InChI is InChI=1S/C15H22N2O3/c1-12-4-3-5-13(8-12)20-11-15(19-2)6-7-17(10-15)14(18)9-16/h3-5,8H,6-7,9-11,16H2,1-2H3/t15-/m1/s1. The molecular weight excluding hydrogens is 256 g/mol. The maximum Gasteiger partial charge on any atom is 0.236 e. The Bertz CT molecular complexity index is 478. The van der Waals surface area contributed by atoms with Gasteiger partial charge in [-0.2, -0.15) is 0 Å². The highest BCUT2D eigenvalue weighted by molar-refractivity contribution is 5.78. The van der Waals surface area contributed by atoms with Crippen molar-refractivity contribution in [2.45, 2.75) is 18.9 Å². The zero-order valence-corrected chi connectivity index (χ0v) is 12.1. The van der Waals surface area contributed by atoms with Crippen molar-refractivity contribution in [3.63, 3.8) is 0 Å². The molecule has 1 aliphatic heterocycles. The number of ether oxygens (including phenoxy) is 2. The predicted molar refractivity (Wildman–Crippen MR) is 76.7 cm³/mol. The topological polar surface area (TPSA) is 64.8 Å². The fraction of sp³-hybridized carbons (Fsp3) is 0.533. The average Bonchev–Trinajstić information content (AvgIpc) is 2.90. The van der Waals surface area contributed by atoms with Crippen LogP contribution in [0.4, 0.5) is 0 Å². The summed E-state index contributed by atoms with van der Waals surface area (Å²) in [4.78, 5) is 13.4. The molecule has 1 saturated heterocycles. The van der Waals surface area contributed by atoms with E-state index < -0.39 is 5.60 Å². The van der Waals surface area contributed by atoms with Gasteiger partial charge in [-0.15, -0.1) is 0 Å². The quantitative estimate of drug-likeness (QED) is 0.871. The van der Waals surface area contributed by atoms with Gasteiger partial charge in [-0.3, -0.25) is 4.79 Å². The molecule has 2 rings (SSSR count). The minimum atomic E-state index is -0.436. The molecule has 5 nitrogen and oxygen atoms in total. The molecular formula is C15H22N2O3. The molecule has 0 spiro atoms. The number of hydrogen-bond donors (Lipinski definition) is 1. The van der Waals surface area contributed by atoms with Crippen LogP contribution in [0, 0.1) is 6.92 Å². The minimum absolute atomic E-state index is 0.0402. The van der Waals surface area contributed by atoms with E-state index in [9.17, 15) is 4.79 Å². The van der Waals surface area contributed by atoms with Crippen LogP contribution in [0.5, 0.6) is 5.75 Å². The van der Waals surface area contributed by atoms with Crippen LogP contribution in [0.2, 0.25) is 0 Å². The third-order valence-electron chi connectivity index (χ3n) is 3.77. The number of benzene rings is 1. The maximum atomic E-state index is 11.6. The number of likely N-dealkylation sites (tertiary alicyclic amines) is 1. The Balaban J connectivity index is 1.97. The SMILES string of the molecule is CO[C@]1(COc2cccc(C)c2)CCN(C(=O)CN)C1. The fourth-order valence-electron chi connectivity index (χ4n) is 2.45. The van der Waals surface area contributed by atoms with Gasteiger partial charge in [-0.05, 0) is 31.0 Å². The minimum Gasteiger partial charge on any atom is -0.491 e. The molecule has 1 aliphatic rings. The monoisotopic (exact) mass is 278 g/mol. The molecule has 1 fully saturated rings. The molecule has 110 valence electrons. The summed E-state index contributed by atoms with van der Waals surface area (Å²) in [5.74, 6) is 0.782. The van der Waals surface area contributed by atoms with Gasteiger partial charge < -0.3 is 20.1 Å². The van der Waals surface area contributed by atoms with Crippen molar-refractivity contribution in [3.05, 3.63) is 29.8 Å². The van der Waals surface area contributed by atoms with E-state index >= 15 is 0 Å². The first-order chi connectivity index (χ1) is 9.58. The molecule has 0 aliphatic carbocycles. The summed E-state index contributed by atoms with van der Waals surface area (Å²) in [6, 6.07) is 7.90. The van der Waals surface area contributed by atoms with Crippen molar-refractivity contribution >= 4 is 5.91 Å². The molecule has 1 aromatic rings. The number of hydrogen-bond acceptors (Lipinski definition) is 4. The van der Waals surface area contributed by atoms with Crippen LogP contribution < -0.4 is 10.5 Å². The van der Waals surface area contributed by atoms with Gasteiger partial charge in [0.2, 0.25) is 5.91 Å². The third kappa shape index (κ3) is 3.29. The summed E-state index contributed by atoms with van der Waals surface area (Å²) >= 11 is 0. The van der Waals surface area contributed by atoms with Gasteiger partial charge in [0.05, 0.1) is 13.1 Å². The molecule has 1 amide bonds. The fourth-order valence-corrected chi connectivity index (χ4v) is 2.45. The van der Waals surface area contributed by atoms with E-state index in [1.165, 1.54) is 0 Å². The summed E-state index contributed by atoms with van der Waals surface area (Å²) in [7, 11) is 1.66. The van der Waals surface area contributed by atoms with Crippen molar-refractivity contribution in [1.29, 1.82) is 0 Å². The van der Waals surface area contributed by atoms with Crippen molar-refractivity contribution < 1.29 is 14.3 Å². The number of nitrogens with zero attached hydrogens (tertiary/aromatic N) is 1. The molecule has 0 bridgehead atoms. The lowest BCUT2D eigenvalue weighted by Crippen LogP contribution is -2.43. The van der Waals surface area contributed by atoms with Crippen molar-refractivity contribution in [2.24, 2.45) is 5.73 Å². The lowest BCUT2D eigenvalue weighted by atomic mass is 10.0. The number of aryl methyl sites for hydroxylation is 1. The second-order valence-corrected chi connectivity index (χ2v) is 5.26. The Hall–Kier alpha value is -1.59. The van der Waals surface area contributed by atoms with Crippen molar-refractivity contribution in [3.8, 4) is 5.75 Å². The highest BCUT2D eigenvalue weighted by Crippen LogP contribution is 2.26. The lowest BCUT2D eigenvalue weighted by molar-refractivity contribution is -0.130. The van der Waals surface area contributed by atoms with Crippen LogP contribution in [0.25, 0.3) is 0 Å². The molecule has 1 atom stereocenters. The Morgan fingerprint density at radius 1 is 1.50 bits per heavy atom. The van der Waals surface area contributed by atoms with Gasteiger partial charge in [-0.25, -0.2) is 0 Å². The molecule has 20 heavy (non-hydrogen) atoms. The number of amides is 1. The van der Waals surface area contributed by atoms with Crippen LogP contribution in [0.3, 0.4) is 0 Å². The Morgan fingerprint density at radius 2 is 2.30 bits per heavy atom. The van der Waals surface area contributed by atoms with Crippen molar-refractivity contribution in [2.75, 3.05) is 33.4 Å². The second-order valence-electron chi connectivity index (χ2n) is 5.26. The van der Waals surface area contributed by atoms with E-state index in [-0.39, 0.29) is 12.5 Å². The first-order valence-electron chi connectivity index (χ1n) is 6.81. The van der Waals surface area contributed by atoms with Crippen LogP contribution in [0.1, 0.15) is 12.0 Å². The van der Waals surface area contributed by atoms with Gasteiger partial charge in [0, 0.05) is 13.7 Å². The largest absolute Gasteiger partial charge is 0.491 e. The Kier molecular flexibility index (Phi) is 4.62. The molecule has 0 aromatic heterocycles. The predicted octanol–water partition coefficient (Wildman–Crippen LogP) is 0.950. The summed E-state index contributed by atoms with van der Waals surface area (Å²) in [5, 5.41) is 0. The van der Waals surface area contributed by atoms with Crippen LogP contribution in [-0.2, 0) is 9.53 Å². The second kappa shape index (κ2) is 6.24. The Morgan fingerprint density at radius 3 is 2.95 bits per heavy atom. The van der Waals surface area contributed by atoms with Crippen LogP contribution >= 0.6 is 0 Å². The van der Waals surface area contributed by atoms with Crippen LogP contribution in [-0.4, -0.2) is 49.8 Å². The number of carbonyl (C=O) groups is 1. The van der Waals surface area contributed by atoms with Gasteiger partial charge in [0.25, 0.3) is 0 Å². The molecule has 1 heterocycles. The molecule has 5 heteroatoms. The maximum absolute atomic E-state index is 11.6. The van der Waals surface area contributed by atoms with Crippen molar-refractivity contribution in [1.82, 2.24) is 4.90 Å². The van der Waals surface area contributed by atoms with E-state index in [0.717, 1.165) is 17.7 Å². The van der Waals surface area contributed by atoms with Gasteiger partial charge >= 0.3 is 0 Å². The highest BCUT2D eigenvalue weighted by atomic mass is 16.5. The summed E-state index contributed by atoms with van der Waals surface area (Å²) < 4.78 is 11.4. The van der Waals surface area contributed by atoms with E-state index in [4.69, 9.17) is 15.2 Å². The number of carbonyl (C=O) groups excluding carboxylic acids is 1. The molecule has 1 aromatic carbocycles. The zero-order chi connectivity index (χ0) is 14.6. The third-order valence-corrected chi connectivity index (χ3v) is 3.77. The highest BCUT2D eigenvalue weighted by Gasteiger charge is 2.40. The molecule has 0 radical (unpaired) electrons. The molecule has 2 N–H and O–H groups in total. The summed E-state index contributed by atoms with van der Waals surface area (Å²) in [6.45, 7) is 3.70. The van der Waals surface area contributed by atoms with E-state index in [2.05, 4.69) is 0 Å². The summed E-state index contributed by atoms with van der Waals surface area (Å²) in [5.41, 5.74) is 6.12. The lowest BCUT2D eigenvalue weighted by Gasteiger charge is -2.27. The first-order valence-corrected chi connectivity index (χ1v) is 6.81. The summed E-state index contributed by atoms with van der Waals surface area (Å²) in [6.07, 6.45) is 0.765. The van der Waals surface area contributed by atoms with E-state index in [1.807, 2.05) is 31.2 Å². The number of nitrogens with two attached hydrogens (primary N) is 1. The zero-order valence-electron chi connectivity index (χ0n) is 12.1. The van der Waals surface area contributed by atoms with Gasteiger partial charge in [-0.1, -0.05) is 12.1 Å². The van der Waals surface area contributed by atoms with Gasteiger partial charge in [0.1, 0.15) is 18.0 Å². The number of methoxy groups -OCH3 is 1. The molecule has 0 saturated carbocycles. The average molecular weight is 278 g/mol. The molecule has 0 unspecified atom stereocenters. The normalized spacial score (nSPS) is 22.1.